The zero-order valence-corrected chi connectivity index (χ0v) is 7.79. The summed E-state index contributed by atoms with van der Waals surface area (Å²) in [5.41, 5.74) is 1.16. The second kappa shape index (κ2) is 3.75. The number of nitrogens with zero attached hydrogens (tertiary/aromatic N) is 1. The second-order valence-corrected chi connectivity index (χ2v) is 3.41. The minimum absolute atomic E-state index is 0.301. The Morgan fingerprint density at radius 3 is 3.08 bits per heavy atom. The molecule has 0 aromatic carbocycles. The van der Waals surface area contributed by atoms with Crippen molar-refractivity contribution in [3.8, 4) is 5.88 Å². The normalized spacial score (nSPS) is 21.8. The Labute approximate surface area is 78.1 Å². The number of aromatic nitrogens is 1. The van der Waals surface area contributed by atoms with Crippen LogP contribution in [-0.4, -0.2) is 24.2 Å². The van der Waals surface area contributed by atoms with E-state index in [1.807, 2.05) is 25.3 Å². The van der Waals surface area contributed by atoms with E-state index in [1.54, 1.807) is 0 Å². The van der Waals surface area contributed by atoms with Crippen molar-refractivity contribution in [3.63, 3.8) is 0 Å². The molecule has 1 aliphatic heterocycles. The molecule has 2 rings (SSSR count). The third kappa shape index (κ3) is 2.18. The monoisotopic (exact) mass is 178 g/mol. The molecule has 0 saturated carbocycles. The summed E-state index contributed by atoms with van der Waals surface area (Å²) in [6.07, 6.45) is 3.21. The Morgan fingerprint density at radius 2 is 2.46 bits per heavy atom. The van der Waals surface area contributed by atoms with Gasteiger partial charge < -0.3 is 10.1 Å². The van der Waals surface area contributed by atoms with Gasteiger partial charge in [0, 0.05) is 18.8 Å². The number of hydrogen-bond donors (Lipinski definition) is 1. The topological polar surface area (TPSA) is 34.1 Å². The first-order chi connectivity index (χ1) is 6.34. The molecule has 1 aromatic heterocycles. The molecule has 13 heavy (non-hydrogen) atoms. The number of aryl methyl sites for hydroxylation is 1. The fourth-order valence-corrected chi connectivity index (χ4v) is 1.42. The van der Waals surface area contributed by atoms with Gasteiger partial charge >= 0.3 is 0 Å². The standard InChI is InChI=1S/C10H14N2O/c1-8-2-3-10(12-6-8)13-9-4-5-11-7-9/h2-3,6,9,11H,4-5,7H2,1H3. The molecule has 0 spiro atoms. The lowest BCUT2D eigenvalue weighted by Gasteiger charge is -2.10. The molecule has 70 valence electrons. The zero-order chi connectivity index (χ0) is 9.10. The summed E-state index contributed by atoms with van der Waals surface area (Å²) in [4.78, 5) is 4.19. The van der Waals surface area contributed by atoms with E-state index >= 15 is 0 Å². The molecule has 0 bridgehead atoms. The van der Waals surface area contributed by atoms with Crippen molar-refractivity contribution in [2.75, 3.05) is 13.1 Å². The molecule has 3 nitrogen and oxygen atoms in total. The van der Waals surface area contributed by atoms with Crippen molar-refractivity contribution in [1.29, 1.82) is 0 Å². The molecule has 1 fully saturated rings. The molecule has 1 aromatic rings. The van der Waals surface area contributed by atoms with Gasteiger partial charge in [0.05, 0.1) is 0 Å². The van der Waals surface area contributed by atoms with Crippen LogP contribution in [0.5, 0.6) is 5.88 Å². The predicted octanol–water partition coefficient (Wildman–Crippen LogP) is 1.13. The second-order valence-electron chi connectivity index (χ2n) is 3.41. The summed E-state index contributed by atoms with van der Waals surface area (Å²) in [7, 11) is 0. The van der Waals surface area contributed by atoms with Crippen LogP contribution in [0.25, 0.3) is 0 Å². The molecule has 1 unspecified atom stereocenters. The minimum atomic E-state index is 0.301. The van der Waals surface area contributed by atoms with Crippen LogP contribution in [0.2, 0.25) is 0 Å². The Hall–Kier alpha value is -1.09. The Kier molecular flexibility index (Phi) is 2.45. The minimum Gasteiger partial charge on any atom is -0.473 e. The fraction of sp³-hybridized carbons (Fsp3) is 0.500. The van der Waals surface area contributed by atoms with E-state index in [-0.39, 0.29) is 0 Å². The Morgan fingerprint density at radius 1 is 1.54 bits per heavy atom. The van der Waals surface area contributed by atoms with Crippen LogP contribution >= 0.6 is 0 Å². The molecule has 0 amide bonds. The lowest BCUT2D eigenvalue weighted by atomic mass is 10.3. The highest BCUT2D eigenvalue weighted by Gasteiger charge is 2.15. The fourth-order valence-electron chi connectivity index (χ4n) is 1.42. The smallest absolute Gasteiger partial charge is 0.213 e. The molecule has 0 aliphatic carbocycles. The highest BCUT2D eigenvalue weighted by Crippen LogP contribution is 2.11. The van der Waals surface area contributed by atoms with Crippen LogP contribution in [-0.2, 0) is 0 Å². The summed E-state index contributed by atoms with van der Waals surface area (Å²) < 4.78 is 5.66. The number of pyridine rings is 1. The number of nitrogens with one attached hydrogen (secondary N) is 1. The van der Waals surface area contributed by atoms with Crippen LogP contribution in [0.4, 0.5) is 0 Å². The van der Waals surface area contributed by atoms with Gasteiger partial charge in [-0.05, 0) is 25.5 Å². The first-order valence-electron chi connectivity index (χ1n) is 4.64. The van der Waals surface area contributed by atoms with Crippen LogP contribution in [0.3, 0.4) is 0 Å². The summed E-state index contributed by atoms with van der Waals surface area (Å²) in [5.74, 6) is 0.735. The molecular formula is C10H14N2O. The van der Waals surface area contributed by atoms with Crippen molar-refractivity contribution in [1.82, 2.24) is 10.3 Å². The lowest BCUT2D eigenvalue weighted by molar-refractivity contribution is 0.214. The SMILES string of the molecule is Cc1ccc(OC2CCNC2)nc1. The molecular weight excluding hydrogens is 164 g/mol. The Balaban J connectivity index is 1.97. The maximum atomic E-state index is 5.66. The van der Waals surface area contributed by atoms with E-state index in [2.05, 4.69) is 10.3 Å². The molecule has 1 saturated heterocycles. The summed E-state index contributed by atoms with van der Waals surface area (Å²) in [5, 5.41) is 3.25. The van der Waals surface area contributed by atoms with Gasteiger partial charge in [-0.15, -0.1) is 0 Å². The van der Waals surface area contributed by atoms with E-state index in [0.717, 1.165) is 31.0 Å². The van der Waals surface area contributed by atoms with Gasteiger partial charge in [0.25, 0.3) is 0 Å². The van der Waals surface area contributed by atoms with Gasteiger partial charge in [-0.25, -0.2) is 4.98 Å². The third-order valence-corrected chi connectivity index (χ3v) is 2.19. The van der Waals surface area contributed by atoms with Gasteiger partial charge in [-0.1, -0.05) is 6.07 Å². The van der Waals surface area contributed by atoms with Crippen LogP contribution in [0, 0.1) is 6.92 Å². The molecule has 2 heterocycles. The molecule has 3 heteroatoms. The van der Waals surface area contributed by atoms with Gasteiger partial charge in [0.15, 0.2) is 0 Å². The molecule has 1 aliphatic rings. The average Bonchev–Trinajstić information content (AvgIpc) is 2.62. The van der Waals surface area contributed by atoms with Gasteiger partial charge in [-0.3, -0.25) is 0 Å². The molecule has 1 atom stereocenters. The Bertz CT molecular complexity index is 265. The average molecular weight is 178 g/mol. The third-order valence-electron chi connectivity index (χ3n) is 2.19. The van der Waals surface area contributed by atoms with Crippen molar-refractivity contribution in [2.24, 2.45) is 0 Å². The maximum Gasteiger partial charge on any atom is 0.213 e. The van der Waals surface area contributed by atoms with E-state index in [4.69, 9.17) is 4.74 Å². The van der Waals surface area contributed by atoms with Crippen molar-refractivity contribution >= 4 is 0 Å². The van der Waals surface area contributed by atoms with Gasteiger partial charge in [-0.2, -0.15) is 0 Å². The first kappa shape index (κ1) is 8.51. The van der Waals surface area contributed by atoms with Crippen molar-refractivity contribution in [3.05, 3.63) is 23.9 Å². The molecule has 0 radical (unpaired) electrons. The summed E-state index contributed by atoms with van der Waals surface area (Å²) in [6.45, 7) is 4.01. The van der Waals surface area contributed by atoms with Crippen LogP contribution in [0.15, 0.2) is 18.3 Å². The highest BCUT2D eigenvalue weighted by atomic mass is 16.5. The van der Waals surface area contributed by atoms with Crippen LogP contribution < -0.4 is 10.1 Å². The molecule has 1 N–H and O–H groups in total. The maximum absolute atomic E-state index is 5.66. The zero-order valence-electron chi connectivity index (χ0n) is 7.79. The van der Waals surface area contributed by atoms with E-state index < -0.39 is 0 Å². The summed E-state index contributed by atoms with van der Waals surface area (Å²) in [6, 6.07) is 3.94. The first-order valence-corrected chi connectivity index (χ1v) is 4.64. The summed E-state index contributed by atoms with van der Waals surface area (Å²) >= 11 is 0. The predicted molar refractivity (Wildman–Crippen MR) is 50.9 cm³/mol. The van der Waals surface area contributed by atoms with E-state index in [9.17, 15) is 0 Å². The van der Waals surface area contributed by atoms with Gasteiger partial charge in [0.1, 0.15) is 6.10 Å². The van der Waals surface area contributed by atoms with Crippen LogP contribution in [0.1, 0.15) is 12.0 Å². The van der Waals surface area contributed by atoms with E-state index in [1.165, 1.54) is 0 Å². The van der Waals surface area contributed by atoms with Crippen molar-refractivity contribution < 1.29 is 4.74 Å². The highest BCUT2D eigenvalue weighted by molar-refractivity contribution is 5.16. The van der Waals surface area contributed by atoms with Gasteiger partial charge in [0.2, 0.25) is 5.88 Å². The number of ether oxygens (including phenoxy) is 1. The van der Waals surface area contributed by atoms with Crippen molar-refractivity contribution in [2.45, 2.75) is 19.4 Å². The largest absolute Gasteiger partial charge is 0.473 e. The number of hydrogen-bond acceptors (Lipinski definition) is 3. The lowest BCUT2D eigenvalue weighted by Crippen LogP contribution is -2.19. The quantitative estimate of drug-likeness (QED) is 0.737. The van der Waals surface area contributed by atoms with E-state index in [0.29, 0.717) is 6.10 Å². The number of rotatable bonds is 2.